The summed E-state index contributed by atoms with van der Waals surface area (Å²) in [7, 11) is 0. The molecule has 0 unspecified atom stereocenters. The highest BCUT2D eigenvalue weighted by Gasteiger charge is 2.44. The highest BCUT2D eigenvalue weighted by atomic mass is 16.3. The molecule has 0 saturated heterocycles. The van der Waals surface area contributed by atoms with Crippen molar-refractivity contribution in [3.8, 4) is 33.6 Å². The Labute approximate surface area is 488 Å². The zero-order valence-electron chi connectivity index (χ0n) is 45.8. The molecule has 17 aromatic rings. The molecule has 2 aliphatic rings. The summed E-state index contributed by atoms with van der Waals surface area (Å²) in [5.74, 6) is 0. The van der Waals surface area contributed by atoms with E-state index in [0.717, 1.165) is 112 Å². The zero-order valence-corrected chi connectivity index (χ0v) is 45.8. The third-order valence-corrected chi connectivity index (χ3v) is 18.3. The number of hydrogen-bond acceptors (Lipinski definition) is 4. The number of para-hydroxylation sites is 8. The van der Waals surface area contributed by atoms with Crippen LogP contribution in [0.1, 0.15) is 0 Å². The molecule has 0 aliphatic carbocycles. The molecule has 2 aliphatic heterocycles. The third-order valence-electron chi connectivity index (χ3n) is 18.3. The van der Waals surface area contributed by atoms with Gasteiger partial charge in [-0.3, -0.25) is 0 Å². The molecular weight excluding hydrogens is 1040 g/mol. The fraction of sp³-hybridized carbons (Fsp3) is 0. The first-order valence-electron chi connectivity index (χ1n) is 29.2. The normalized spacial score (nSPS) is 12.9. The van der Waals surface area contributed by atoms with Crippen LogP contribution in [0.15, 0.2) is 294 Å². The van der Waals surface area contributed by atoms with E-state index in [0.29, 0.717) is 0 Å². The van der Waals surface area contributed by atoms with Crippen LogP contribution >= 0.6 is 0 Å². The maximum atomic E-state index is 6.42. The van der Waals surface area contributed by atoms with Gasteiger partial charge in [0.05, 0.1) is 33.4 Å². The Morgan fingerprint density at radius 3 is 1.04 bits per heavy atom. The number of nitrogens with zero attached hydrogens (tertiary/aromatic N) is 4. The molecule has 85 heavy (non-hydrogen) atoms. The summed E-state index contributed by atoms with van der Waals surface area (Å²) in [6.45, 7) is -0.202. The molecule has 6 nitrogen and oxygen atoms in total. The quantitative estimate of drug-likeness (QED) is 0.156. The van der Waals surface area contributed by atoms with E-state index in [2.05, 4.69) is 292 Å². The monoisotopic (exact) mass is 1080 g/mol. The number of benzene rings is 13. The molecule has 0 atom stereocenters. The summed E-state index contributed by atoms with van der Waals surface area (Å²) in [6.07, 6.45) is 0. The lowest BCUT2D eigenvalue weighted by Gasteiger charge is -2.45. The van der Waals surface area contributed by atoms with Crippen molar-refractivity contribution in [2.24, 2.45) is 0 Å². The highest BCUT2D eigenvalue weighted by molar-refractivity contribution is 7.00. The maximum absolute atomic E-state index is 6.42. The Bertz CT molecular complexity index is 5230. The molecule has 7 heteroatoms. The van der Waals surface area contributed by atoms with Gasteiger partial charge in [-0.2, -0.15) is 0 Å². The minimum atomic E-state index is -0.202. The van der Waals surface area contributed by atoms with Gasteiger partial charge in [0.25, 0.3) is 6.71 Å². The Morgan fingerprint density at radius 2 is 0.600 bits per heavy atom. The molecule has 19 rings (SSSR count). The molecule has 0 radical (unpaired) electrons. The van der Waals surface area contributed by atoms with Gasteiger partial charge in [0, 0.05) is 88.3 Å². The smallest absolute Gasteiger partial charge is 0.252 e. The van der Waals surface area contributed by atoms with Gasteiger partial charge < -0.3 is 27.8 Å². The summed E-state index contributed by atoms with van der Waals surface area (Å²) in [5.41, 5.74) is 25.3. The molecule has 0 saturated carbocycles. The number of rotatable bonds is 6. The zero-order chi connectivity index (χ0) is 55.4. The average Bonchev–Trinajstić information content (AvgIpc) is 1.62. The number of anilines is 6. The van der Waals surface area contributed by atoms with E-state index in [4.69, 9.17) is 8.83 Å². The second kappa shape index (κ2) is 17.6. The van der Waals surface area contributed by atoms with Gasteiger partial charge in [-0.25, -0.2) is 0 Å². The first-order chi connectivity index (χ1) is 42.2. The van der Waals surface area contributed by atoms with E-state index in [1.807, 2.05) is 12.1 Å². The lowest BCUT2D eigenvalue weighted by atomic mass is 9.33. The first kappa shape index (κ1) is 46.3. The molecule has 6 heterocycles. The van der Waals surface area contributed by atoms with Crippen molar-refractivity contribution in [1.29, 1.82) is 0 Å². The van der Waals surface area contributed by atoms with E-state index in [1.165, 1.54) is 60.0 Å². The van der Waals surface area contributed by atoms with Crippen molar-refractivity contribution in [3.63, 3.8) is 0 Å². The minimum Gasteiger partial charge on any atom is -0.456 e. The van der Waals surface area contributed by atoms with Crippen LogP contribution in [0.4, 0.5) is 34.1 Å². The second-order valence-corrected chi connectivity index (χ2v) is 22.7. The van der Waals surface area contributed by atoms with Gasteiger partial charge in [0.2, 0.25) is 0 Å². The lowest BCUT2D eigenvalue weighted by Crippen LogP contribution is -2.61. The van der Waals surface area contributed by atoms with Gasteiger partial charge in [-0.15, -0.1) is 0 Å². The van der Waals surface area contributed by atoms with E-state index in [-0.39, 0.29) is 6.71 Å². The van der Waals surface area contributed by atoms with Crippen molar-refractivity contribution in [1.82, 2.24) is 9.13 Å². The standard InChI is InChI=1S/C78H47BN4O2/c1-9-26-64(52(18-1)48-36-42-76-60(44-48)58-24-7-15-34-74(58)84-76)82-70-40-38-50(80-66-28-11-3-20-54(66)55-21-4-12-29-67(55)80)46-62(70)79-63-47-51(81-68-30-13-5-22-56(68)57-23-6-14-31-69(57)81)39-41-71(63)83(73-33-17-32-72(82)78(73)79)65-27-10-2-19-53(65)49-37-43-77-61(45-49)59-25-8-16-35-75(59)85-77/h1-47H. The van der Waals surface area contributed by atoms with Crippen molar-refractivity contribution >= 4 is 145 Å². The van der Waals surface area contributed by atoms with Crippen LogP contribution in [-0.2, 0) is 0 Å². The predicted molar refractivity (Wildman–Crippen MR) is 355 cm³/mol. The predicted octanol–water partition coefficient (Wildman–Crippen LogP) is 19.1. The Morgan fingerprint density at radius 1 is 0.247 bits per heavy atom. The number of fused-ring (bicyclic) bond motifs is 16. The molecule has 0 amide bonds. The van der Waals surface area contributed by atoms with Gasteiger partial charge in [-0.1, -0.05) is 164 Å². The van der Waals surface area contributed by atoms with Gasteiger partial charge in [0.15, 0.2) is 0 Å². The van der Waals surface area contributed by atoms with Gasteiger partial charge in [0.1, 0.15) is 22.3 Å². The summed E-state index contributed by atoms with van der Waals surface area (Å²) in [4.78, 5) is 5.11. The molecule has 0 fully saturated rings. The third kappa shape index (κ3) is 6.60. The van der Waals surface area contributed by atoms with Crippen molar-refractivity contribution in [3.05, 3.63) is 285 Å². The van der Waals surface area contributed by atoms with Crippen LogP contribution in [-0.4, -0.2) is 15.8 Å². The van der Waals surface area contributed by atoms with Crippen molar-refractivity contribution < 1.29 is 8.83 Å². The van der Waals surface area contributed by atoms with Gasteiger partial charge in [-0.05, 0) is 149 Å². The van der Waals surface area contributed by atoms with Crippen LogP contribution < -0.4 is 26.2 Å². The van der Waals surface area contributed by atoms with Crippen LogP contribution in [0.25, 0.3) is 121 Å². The molecule has 13 aromatic carbocycles. The molecule has 0 N–H and O–H groups in total. The molecule has 394 valence electrons. The Kier molecular flexibility index (Phi) is 9.61. The van der Waals surface area contributed by atoms with Crippen molar-refractivity contribution in [2.75, 3.05) is 9.80 Å². The summed E-state index contributed by atoms with van der Waals surface area (Å²) < 4.78 is 17.8. The van der Waals surface area contributed by atoms with Crippen molar-refractivity contribution in [2.45, 2.75) is 0 Å². The average molecular weight is 1080 g/mol. The van der Waals surface area contributed by atoms with Crippen LogP contribution in [0.2, 0.25) is 0 Å². The maximum Gasteiger partial charge on any atom is 0.252 e. The van der Waals surface area contributed by atoms with E-state index < -0.39 is 0 Å². The number of hydrogen-bond donors (Lipinski definition) is 0. The summed E-state index contributed by atoms with van der Waals surface area (Å²) in [6, 6.07) is 105. The topological polar surface area (TPSA) is 42.6 Å². The lowest BCUT2D eigenvalue weighted by molar-refractivity contribution is 0.668. The summed E-state index contributed by atoms with van der Waals surface area (Å²) in [5, 5.41) is 9.33. The number of furan rings is 2. The van der Waals surface area contributed by atoms with E-state index >= 15 is 0 Å². The van der Waals surface area contributed by atoms with E-state index in [9.17, 15) is 0 Å². The fourth-order valence-electron chi connectivity index (χ4n) is 14.7. The molecule has 4 aromatic heterocycles. The van der Waals surface area contributed by atoms with Crippen LogP contribution in [0.5, 0.6) is 0 Å². The van der Waals surface area contributed by atoms with Gasteiger partial charge >= 0.3 is 0 Å². The number of aromatic nitrogens is 2. The van der Waals surface area contributed by atoms with Crippen LogP contribution in [0, 0.1) is 0 Å². The Balaban J connectivity index is 0.909. The fourth-order valence-corrected chi connectivity index (χ4v) is 14.7. The molecule has 0 spiro atoms. The Hall–Kier alpha value is -11.3. The SMILES string of the molecule is c1ccc(N2c3ccc(-n4c5ccccc5c5ccccc54)cc3B3c4cc(-n5c6ccccc6c6ccccc65)ccc4N(c4ccccc4-c4ccc5oc6ccccc6c5c4)c4cccc2c43)c(-c2ccc3oc4ccccc4c3c2)c1. The summed E-state index contributed by atoms with van der Waals surface area (Å²) >= 11 is 0. The molecular formula is C78H47BN4O2. The molecule has 0 bridgehead atoms. The largest absolute Gasteiger partial charge is 0.456 e. The minimum absolute atomic E-state index is 0.202. The van der Waals surface area contributed by atoms with E-state index in [1.54, 1.807) is 0 Å². The first-order valence-corrected chi connectivity index (χ1v) is 29.2. The highest BCUT2D eigenvalue weighted by Crippen LogP contribution is 2.50. The van der Waals surface area contributed by atoms with Crippen LogP contribution in [0.3, 0.4) is 0 Å². The second-order valence-electron chi connectivity index (χ2n) is 22.7.